The summed E-state index contributed by atoms with van der Waals surface area (Å²) in [4.78, 5) is 11.9. The van der Waals surface area contributed by atoms with Gasteiger partial charge in [0.25, 0.3) is 0 Å². The lowest BCUT2D eigenvalue weighted by Gasteiger charge is -2.32. The van der Waals surface area contributed by atoms with Crippen LogP contribution in [-0.4, -0.2) is 61.3 Å². The molecule has 1 aromatic carbocycles. The smallest absolute Gasteiger partial charge is 0.403 e. The van der Waals surface area contributed by atoms with E-state index in [1.165, 1.54) is 6.07 Å². The van der Waals surface area contributed by atoms with Gasteiger partial charge in [-0.1, -0.05) is 6.07 Å². The second kappa shape index (κ2) is 9.60. The van der Waals surface area contributed by atoms with E-state index in [0.29, 0.717) is 13.1 Å². The van der Waals surface area contributed by atoms with Crippen molar-refractivity contribution in [1.29, 1.82) is 0 Å². The molecule has 7 nitrogen and oxygen atoms in total. The summed E-state index contributed by atoms with van der Waals surface area (Å²) in [7, 11) is 2.00. The topological polar surface area (TPSA) is 92.5 Å². The predicted molar refractivity (Wildman–Crippen MR) is 96.3 cm³/mol. The molecule has 0 spiro atoms. The summed E-state index contributed by atoms with van der Waals surface area (Å²) in [6.45, 7) is 2.99. The number of benzene rings is 1. The molecule has 0 radical (unpaired) electrons. The predicted octanol–water partition coefficient (Wildman–Crippen LogP) is 1.52. The number of rotatable bonds is 3. The summed E-state index contributed by atoms with van der Waals surface area (Å²) in [5.74, 6) is -1.95. The Morgan fingerprint density at radius 1 is 1.19 bits per heavy atom. The van der Waals surface area contributed by atoms with Crippen LogP contribution < -0.4 is 16.2 Å². The van der Waals surface area contributed by atoms with E-state index < -0.39 is 17.9 Å². The third-order valence-corrected chi connectivity index (χ3v) is 3.70. The molecule has 152 valence electrons. The minimum Gasteiger partial charge on any atom is -0.403 e. The Bertz CT molecular complexity index is 689. The first-order valence-corrected chi connectivity index (χ1v) is 7.76. The number of hydrogen-bond acceptors (Lipinski definition) is 3. The molecule has 0 aliphatic carbocycles. The van der Waals surface area contributed by atoms with E-state index in [1.54, 1.807) is 0 Å². The summed E-state index contributed by atoms with van der Waals surface area (Å²) in [6, 6.07) is 3.06. The Morgan fingerprint density at radius 3 is 2.41 bits per heavy atom. The van der Waals surface area contributed by atoms with Gasteiger partial charge < -0.3 is 26.0 Å². The molecule has 27 heavy (non-hydrogen) atoms. The second-order valence-electron chi connectivity index (χ2n) is 5.75. The number of halogens is 5. The van der Waals surface area contributed by atoms with Crippen LogP contribution in [0.25, 0.3) is 0 Å². The van der Waals surface area contributed by atoms with Gasteiger partial charge in [-0.3, -0.25) is 0 Å². The van der Waals surface area contributed by atoms with Gasteiger partial charge >= 0.3 is 6.36 Å². The van der Waals surface area contributed by atoms with Gasteiger partial charge in [0.2, 0.25) is 5.96 Å². The maximum absolute atomic E-state index is 13.4. The number of nitrogens with two attached hydrogens (primary N) is 2. The van der Waals surface area contributed by atoms with Crippen molar-refractivity contribution >= 4 is 24.3 Å². The highest BCUT2D eigenvalue weighted by Gasteiger charge is 2.32. The monoisotopic (exact) mass is 412 g/mol. The molecule has 1 aromatic rings. The average Bonchev–Trinajstić information content (AvgIpc) is 2.55. The van der Waals surface area contributed by atoms with Crippen LogP contribution >= 0.6 is 12.4 Å². The number of alkyl halides is 3. The highest BCUT2D eigenvalue weighted by molar-refractivity contribution is 5.93. The van der Waals surface area contributed by atoms with Crippen molar-refractivity contribution in [1.82, 2.24) is 9.80 Å². The van der Waals surface area contributed by atoms with Gasteiger partial charge in [0.05, 0.1) is 6.54 Å². The van der Waals surface area contributed by atoms with Gasteiger partial charge in [0.15, 0.2) is 17.5 Å². The van der Waals surface area contributed by atoms with E-state index in [9.17, 15) is 17.6 Å². The van der Waals surface area contributed by atoms with Gasteiger partial charge in [-0.2, -0.15) is 4.99 Å². The number of ether oxygens (including phenoxy) is 1. The van der Waals surface area contributed by atoms with Gasteiger partial charge in [-0.15, -0.1) is 25.6 Å². The highest BCUT2D eigenvalue weighted by atomic mass is 35.5. The van der Waals surface area contributed by atoms with Crippen molar-refractivity contribution in [3.63, 3.8) is 0 Å². The first-order chi connectivity index (χ1) is 12.1. The Labute approximate surface area is 160 Å². The van der Waals surface area contributed by atoms with Crippen molar-refractivity contribution in [2.24, 2.45) is 21.5 Å². The van der Waals surface area contributed by atoms with Crippen molar-refractivity contribution < 1.29 is 22.3 Å². The summed E-state index contributed by atoms with van der Waals surface area (Å²) in [5, 5.41) is 0. The van der Waals surface area contributed by atoms with Gasteiger partial charge in [0.1, 0.15) is 0 Å². The molecule has 4 N–H and O–H groups in total. The molecule has 1 fully saturated rings. The summed E-state index contributed by atoms with van der Waals surface area (Å²) in [5.41, 5.74) is 11.8. The summed E-state index contributed by atoms with van der Waals surface area (Å²) >= 11 is 0. The molecule has 12 heteroatoms. The third kappa shape index (κ3) is 7.47. The first-order valence-electron chi connectivity index (χ1n) is 7.76. The average molecular weight is 413 g/mol. The molecule has 0 atom stereocenters. The fourth-order valence-electron chi connectivity index (χ4n) is 2.28. The molecule has 0 saturated carbocycles. The van der Waals surface area contributed by atoms with Crippen molar-refractivity contribution in [2.45, 2.75) is 12.9 Å². The van der Waals surface area contributed by atoms with Gasteiger partial charge in [-0.25, -0.2) is 9.38 Å². The van der Waals surface area contributed by atoms with Crippen LogP contribution in [0.1, 0.15) is 5.56 Å². The van der Waals surface area contributed by atoms with E-state index >= 15 is 0 Å². The molecule has 0 unspecified atom stereocenters. The molecule has 2 rings (SSSR count). The fourth-order valence-corrected chi connectivity index (χ4v) is 2.28. The van der Waals surface area contributed by atoms with Gasteiger partial charge in [0, 0.05) is 26.2 Å². The maximum atomic E-state index is 13.4. The largest absolute Gasteiger partial charge is 0.573 e. The van der Waals surface area contributed by atoms with E-state index in [0.717, 1.165) is 25.2 Å². The summed E-state index contributed by atoms with van der Waals surface area (Å²) < 4.78 is 53.7. The number of piperazine rings is 1. The molecule has 1 aliphatic rings. The van der Waals surface area contributed by atoms with E-state index in [4.69, 9.17) is 11.5 Å². The van der Waals surface area contributed by atoms with E-state index in [2.05, 4.69) is 19.6 Å². The number of guanidine groups is 2. The molecular weight excluding hydrogens is 392 g/mol. The van der Waals surface area contributed by atoms with Crippen molar-refractivity contribution in [2.75, 3.05) is 33.2 Å². The van der Waals surface area contributed by atoms with Crippen LogP contribution in [0.3, 0.4) is 0 Å². The number of aliphatic imine (C=N–C) groups is 2. The minimum absolute atomic E-state index is 0. The quantitative estimate of drug-likeness (QED) is 0.446. The van der Waals surface area contributed by atoms with Crippen LogP contribution in [0, 0.1) is 5.82 Å². The zero-order valence-corrected chi connectivity index (χ0v) is 15.4. The van der Waals surface area contributed by atoms with Crippen molar-refractivity contribution in [3.05, 3.63) is 29.6 Å². The molecule has 1 saturated heterocycles. The molecule has 1 heterocycles. The van der Waals surface area contributed by atoms with Crippen LogP contribution in [0.4, 0.5) is 17.6 Å². The molecule has 0 bridgehead atoms. The highest BCUT2D eigenvalue weighted by Crippen LogP contribution is 2.26. The SMILES string of the molecule is CN1CCN(C(N)=NC(N)=NCc2ccc(F)c(OC(F)(F)F)c2)CC1.Cl. The van der Waals surface area contributed by atoms with E-state index in [1.807, 2.05) is 11.9 Å². The Kier molecular flexibility index (Phi) is 8.10. The third-order valence-electron chi connectivity index (χ3n) is 3.70. The normalized spacial score (nSPS) is 16.9. The Hall–Kier alpha value is -2.27. The van der Waals surface area contributed by atoms with Crippen molar-refractivity contribution in [3.8, 4) is 5.75 Å². The lowest BCUT2D eigenvalue weighted by atomic mass is 10.2. The Balaban J connectivity index is 0.00000364. The number of hydrogen-bond donors (Lipinski definition) is 2. The van der Waals surface area contributed by atoms with Crippen LogP contribution in [0.15, 0.2) is 28.2 Å². The zero-order chi connectivity index (χ0) is 19.3. The van der Waals surface area contributed by atoms with Crippen LogP contribution in [-0.2, 0) is 6.54 Å². The van der Waals surface area contributed by atoms with Crippen LogP contribution in [0.5, 0.6) is 5.75 Å². The van der Waals surface area contributed by atoms with Crippen LogP contribution in [0.2, 0.25) is 0 Å². The maximum Gasteiger partial charge on any atom is 0.573 e. The lowest BCUT2D eigenvalue weighted by Crippen LogP contribution is -2.50. The first kappa shape index (κ1) is 22.8. The Morgan fingerprint density at radius 2 is 1.81 bits per heavy atom. The lowest BCUT2D eigenvalue weighted by molar-refractivity contribution is -0.275. The zero-order valence-electron chi connectivity index (χ0n) is 14.5. The van der Waals surface area contributed by atoms with Gasteiger partial charge in [-0.05, 0) is 24.7 Å². The molecular formula is C15H21ClF4N6O. The number of likely N-dealkylation sites (N-methyl/N-ethyl adjacent to an activating group) is 1. The summed E-state index contributed by atoms with van der Waals surface area (Å²) in [6.07, 6.45) is -4.98. The molecule has 0 amide bonds. The van der Waals surface area contributed by atoms with E-state index in [-0.39, 0.29) is 36.4 Å². The molecule has 1 aliphatic heterocycles. The fraction of sp³-hybridized carbons (Fsp3) is 0.467. The number of nitrogens with zero attached hydrogens (tertiary/aromatic N) is 4. The minimum atomic E-state index is -4.98. The molecule has 0 aromatic heterocycles. The standard InChI is InChI=1S/C15H20F4N6O.ClH/c1-24-4-6-25(7-5-24)14(21)23-13(20)22-9-10-2-3-11(16)12(8-10)26-15(17,18)19;/h2-3,8H,4-7,9H2,1H3,(H4,20,21,22,23);1H. The second-order valence-corrected chi connectivity index (χ2v) is 5.75.